The van der Waals surface area contributed by atoms with Crippen molar-refractivity contribution in [3.05, 3.63) is 0 Å². The van der Waals surface area contributed by atoms with Gasteiger partial charge < -0.3 is 4.74 Å². The minimum atomic E-state index is -2.40. The molecule has 0 radical (unpaired) electrons. The number of hydrogen-bond donors (Lipinski definition) is 0. The van der Waals surface area contributed by atoms with Crippen LogP contribution in [0.3, 0.4) is 0 Å². The summed E-state index contributed by atoms with van der Waals surface area (Å²) >= 11 is 0. The highest BCUT2D eigenvalue weighted by atomic mass is 19.3. The highest BCUT2D eigenvalue weighted by Gasteiger charge is 2.50. The van der Waals surface area contributed by atoms with Gasteiger partial charge in [0.05, 0.1) is 12.2 Å². The Morgan fingerprint density at radius 1 is 1.25 bits per heavy atom. The zero-order valence-corrected chi connectivity index (χ0v) is 7.28. The van der Waals surface area contributed by atoms with Crippen molar-refractivity contribution >= 4 is 0 Å². The van der Waals surface area contributed by atoms with Gasteiger partial charge in [-0.15, -0.1) is 0 Å². The molecule has 70 valence electrons. The Morgan fingerprint density at radius 2 is 1.75 bits per heavy atom. The Labute approximate surface area is 71.1 Å². The fraction of sp³-hybridized carbons (Fsp3) is 1.00. The third-order valence-electron chi connectivity index (χ3n) is 3.18. The molecule has 0 aromatic carbocycles. The quantitative estimate of drug-likeness (QED) is 0.559. The molecule has 1 saturated heterocycles. The van der Waals surface area contributed by atoms with Crippen molar-refractivity contribution < 1.29 is 13.5 Å². The van der Waals surface area contributed by atoms with E-state index in [0.717, 1.165) is 6.61 Å². The van der Waals surface area contributed by atoms with E-state index >= 15 is 0 Å². The fourth-order valence-electron chi connectivity index (χ4n) is 2.00. The van der Waals surface area contributed by atoms with Crippen LogP contribution in [0.2, 0.25) is 0 Å². The van der Waals surface area contributed by atoms with Crippen molar-refractivity contribution in [3.63, 3.8) is 0 Å². The van der Waals surface area contributed by atoms with Crippen molar-refractivity contribution in [3.8, 4) is 0 Å². The predicted molar refractivity (Wildman–Crippen MR) is 41.3 cm³/mol. The molecule has 0 N–H and O–H groups in total. The van der Waals surface area contributed by atoms with Gasteiger partial charge in [0.2, 0.25) is 5.92 Å². The number of alkyl halides is 2. The first kappa shape index (κ1) is 8.42. The molecule has 2 aliphatic rings. The van der Waals surface area contributed by atoms with Gasteiger partial charge in [0.15, 0.2) is 0 Å². The van der Waals surface area contributed by atoms with Crippen LogP contribution in [0.15, 0.2) is 0 Å². The number of halogens is 2. The molecule has 1 atom stereocenters. The second-order valence-electron chi connectivity index (χ2n) is 4.23. The normalized spacial score (nSPS) is 41.2. The lowest BCUT2D eigenvalue weighted by Crippen LogP contribution is -2.31. The first-order valence-corrected chi connectivity index (χ1v) is 4.54. The molecule has 1 saturated carbocycles. The van der Waals surface area contributed by atoms with Crippen LogP contribution in [0, 0.1) is 5.92 Å². The Kier molecular flexibility index (Phi) is 1.69. The molecule has 0 spiro atoms. The van der Waals surface area contributed by atoms with Gasteiger partial charge in [-0.1, -0.05) is 0 Å². The first-order valence-electron chi connectivity index (χ1n) is 4.54. The summed E-state index contributed by atoms with van der Waals surface area (Å²) in [5.74, 6) is -2.03. The van der Waals surface area contributed by atoms with Gasteiger partial charge in [0.25, 0.3) is 0 Å². The van der Waals surface area contributed by atoms with Crippen LogP contribution in [0.25, 0.3) is 0 Å². The zero-order chi connectivity index (χ0) is 8.82. The number of rotatable bonds is 1. The molecule has 1 nitrogen and oxygen atoms in total. The van der Waals surface area contributed by atoms with Gasteiger partial charge in [0, 0.05) is 12.8 Å². The molecule has 1 unspecified atom stereocenters. The maximum absolute atomic E-state index is 12.7. The molecule has 2 rings (SSSR count). The molecule has 3 heteroatoms. The second-order valence-corrected chi connectivity index (χ2v) is 4.23. The van der Waals surface area contributed by atoms with Gasteiger partial charge in [-0.3, -0.25) is 0 Å². The summed E-state index contributed by atoms with van der Waals surface area (Å²) in [5.41, 5.74) is -0.0451. The van der Waals surface area contributed by atoms with E-state index < -0.39 is 5.92 Å². The Hall–Kier alpha value is -0.180. The summed E-state index contributed by atoms with van der Waals surface area (Å²) < 4.78 is 30.7. The van der Waals surface area contributed by atoms with E-state index in [-0.39, 0.29) is 18.4 Å². The first-order chi connectivity index (χ1) is 5.52. The molecule has 2 fully saturated rings. The smallest absolute Gasteiger partial charge is 0.248 e. The third-order valence-corrected chi connectivity index (χ3v) is 3.18. The van der Waals surface area contributed by atoms with E-state index in [4.69, 9.17) is 4.74 Å². The maximum Gasteiger partial charge on any atom is 0.248 e. The maximum atomic E-state index is 12.7. The zero-order valence-electron chi connectivity index (χ0n) is 7.28. The monoisotopic (exact) mass is 176 g/mol. The van der Waals surface area contributed by atoms with Gasteiger partial charge in [-0.05, 0) is 25.7 Å². The molecule has 0 amide bonds. The fourth-order valence-corrected chi connectivity index (χ4v) is 2.00. The van der Waals surface area contributed by atoms with Gasteiger partial charge in [-0.2, -0.15) is 0 Å². The van der Waals surface area contributed by atoms with E-state index in [1.54, 1.807) is 0 Å². The van der Waals surface area contributed by atoms with Crippen molar-refractivity contribution in [2.45, 2.75) is 44.1 Å². The second kappa shape index (κ2) is 2.41. The van der Waals surface area contributed by atoms with Crippen molar-refractivity contribution in [1.82, 2.24) is 0 Å². The molecule has 0 bridgehead atoms. The lowest BCUT2D eigenvalue weighted by Gasteiger charge is -2.30. The molecule has 12 heavy (non-hydrogen) atoms. The van der Waals surface area contributed by atoms with Gasteiger partial charge >= 0.3 is 0 Å². The molecular formula is C9H14F2O. The summed E-state index contributed by atoms with van der Waals surface area (Å²) in [6.45, 7) is 2.80. The van der Waals surface area contributed by atoms with Crippen LogP contribution < -0.4 is 0 Å². The van der Waals surface area contributed by atoms with E-state index in [1.165, 1.54) is 0 Å². The van der Waals surface area contributed by atoms with Crippen molar-refractivity contribution in [2.75, 3.05) is 6.61 Å². The Bertz CT molecular complexity index is 177. The van der Waals surface area contributed by atoms with E-state index in [1.807, 2.05) is 6.92 Å². The lowest BCUT2D eigenvalue weighted by atomic mass is 9.79. The van der Waals surface area contributed by atoms with Crippen LogP contribution >= 0.6 is 0 Å². The largest absolute Gasteiger partial charge is 0.370 e. The van der Waals surface area contributed by atoms with Crippen LogP contribution in [0.1, 0.15) is 32.6 Å². The minimum Gasteiger partial charge on any atom is -0.370 e. The van der Waals surface area contributed by atoms with Crippen LogP contribution in [-0.2, 0) is 4.74 Å². The van der Waals surface area contributed by atoms with Gasteiger partial charge in [-0.25, -0.2) is 8.78 Å². The topological polar surface area (TPSA) is 12.5 Å². The van der Waals surface area contributed by atoms with Crippen LogP contribution in [0.4, 0.5) is 8.78 Å². The summed E-state index contributed by atoms with van der Waals surface area (Å²) in [4.78, 5) is 0. The molecule has 1 aliphatic heterocycles. The number of ether oxygens (including phenoxy) is 1. The highest BCUT2D eigenvalue weighted by molar-refractivity contribution is 4.96. The summed E-state index contributed by atoms with van der Waals surface area (Å²) in [6, 6.07) is 0. The number of hydrogen-bond acceptors (Lipinski definition) is 1. The van der Waals surface area contributed by atoms with E-state index in [2.05, 4.69) is 0 Å². The summed E-state index contributed by atoms with van der Waals surface area (Å²) in [6.07, 6.45) is 1.36. The highest BCUT2D eigenvalue weighted by Crippen LogP contribution is 2.46. The van der Waals surface area contributed by atoms with Crippen molar-refractivity contribution in [2.24, 2.45) is 5.92 Å². The standard InChI is InChI=1S/C9H14F2O/c1-8(6-12-8)7-2-4-9(10,11)5-3-7/h7H,2-6H2,1H3. The van der Waals surface area contributed by atoms with Crippen LogP contribution in [0.5, 0.6) is 0 Å². The van der Waals surface area contributed by atoms with Crippen LogP contribution in [-0.4, -0.2) is 18.1 Å². The molecule has 1 aliphatic carbocycles. The molecular weight excluding hydrogens is 162 g/mol. The molecule has 0 aromatic heterocycles. The third kappa shape index (κ3) is 1.47. The Morgan fingerprint density at radius 3 is 2.17 bits per heavy atom. The van der Waals surface area contributed by atoms with Crippen molar-refractivity contribution in [1.29, 1.82) is 0 Å². The van der Waals surface area contributed by atoms with E-state index in [0.29, 0.717) is 18.8 Å². The summed E-state index contributed by atoms with van der Waals surface area (Å²) in [5, 5.41) is 0. The minimum absolute atomic E-state index is 0.0451. The Balaban J connectivity index is 1.90. The van der Waals surface area contributed by atoms with Gasteiger partial charge in [0.1, 0.15) is 0 Å². The molecule has 0 aromatic rings. The lowest BCUT2D eigenvalue weighted by molar-refractivity contribution is -0.0535. The SMILES string of the molecule is CC1(C2CCC(F)(F)CC2)CO1. The average molecular weight is 176 g/mol. The predicted octanol–water partition coefficient (Wildman–Crippen LogP) is 2.60. The summed E-state index contributed by atoms with van der Waals surface area (Å²) in [7, 11) is 0. The van der Waals surface area contributed by atoms with E-state index in [9.17, 15) is 8.78 Å². The average Bonchev–Trinajstić information content (AvgIpc) is 2.68. The number of epoxide rings is 1. The molecule has 1 heterocycles.